The smallest absolute Gasteiger partial charge is 0.320 e. The summed E-state index contributed by atoms with van der Waals surface area (Å²) < 4.78 is 92.5. The second kappa shape index (κ2) is 8.39. The highest BCUT2D eigenvalue weighted by Crippen LogP contribution is 2.38. The van der Waals surface area contributed by atoms with Crippen LogP contribution < -0.4 is 11.1 Å². The van der Waals surface area contributed by atoms with Crippen LogP contribution in [-0.4, -0.2) is 18.2 Å². The number of benzene rings is 2. The highest BCUT2D eigenvalue weighted by molar-refractivity contribution is 7.98. The Labute approximate surface area is 159 Å². The van der Waals surface area contributed by atoms with E-state index < -0.39 is 52.6 Å². The van der Waals surface area contributed by atoms with Crippen molar-refractivity contribution in [2.24, 2.45) is 5.73 Å². The van der Waals surface area contributed by atoms with Gasteiger partial charge in [-0.25, -0.2) is 17.6 Å². The fourth-order valence-electron chi connectivity index (χ4n) is 2.31. The van der Waals surface area contributed by atoms with Crippen molar-refractivity contribution in [3.63, 3.8) is 0 Å². The molecule has 3 nitrogen and oxygen atoms in total. The number of rotatable bonds is 5. The predicted octanol–water partition coefficient (Wildman–Crippen LogP) is 4.49. The molecular formula is C17H13F7N2OS. The van der Waals surface area contributed by atoms with E-state index in [2.05, 4.69) is 0 Å². The van der Waals surface area contributed by atoms with Gasteiger partial charge in [0.2, 0.25) is 5.91 Å². The Morgan fingerprint density at radius 2 is 1.54 bits per heavy atom. The number of nitrogens with two attached hydrogens (primary N) is 1. The molecule has 0 bridgehead atoms. The van der Waals surface area contributed by atoms with Crippen LogP contribution in [0.2, 0.25) is 0 Å². The molecule has 0 aliphatic rings. The van der Waals surface area contributed by atoms with Gasteiger partial charge in [-0.15, -0.1) is 11.8 Å². The second-order valence-corrected chi connectivity index (χ2v) is 6.53. The summed E-state index contributed by atoms with van der Waals surface area (Å²) in [5, 5.41) is 1.52. The standard InChI is InChI=1S/C17H13F7N2OS/c1-28-8-4-2-7(3-5-8)6-9(25)16(27)26-15-13(20)11(18)10(17(22,23)24)12(19)14(15)21/h2-5,9H,6,25H2,1H3,(H,26,27)/t9-/m0/s1. The van der Waals surface area contributed by atoms with Gasteiger partial charge in [0.15, 0.2) is 23.3 Å². The van der Waals surface area contributed by atoms with Gasteiger partial charge in [0.25, 0.3) is 0 Å². The summed E-state index contributed by atoms with van der Waals surface area (Å²) in [7, 11) is 0. The van der Waals surface area contributed by atoms with Crippen molar-refractivity contribution in [2.45, 2.75) is 23.5 Å². The van der Waals surface area contributed by atoms with Gasteiger partial charge >= 0.3 is 6.18 Å². The molecule has 3 N–H and O–H groups in total. The third-order valence-corrected chi connectivity index (χ3v) is 4.49. The lowest BCUT2D eigenvalue weighted by atomic mass is 10.1. The van der Waals surface area contributed by atoms with Crippen LogP contribution in [0.25, 0.3) is 0 Å². The van der Waals surface area contributed by atoms with Crippen molar-refractivity contribution in [3.05, 3.63) is 58.7 Å². The van der Waals surface area contributed by atoms with Gasteiger partial charge in [-0.2, -0.15) is 13.2 Å². The highest BCUT2D eigenvalue weighted by Gasteiger charge is 2.42. The number of thioether (sulfide) groups is 1. The molecule has 1 amide bonds. The molecule has 2 aromatic rings. The first-order chi connectivity index (χ1) is 13.0. The lowest BCUT2D eigenvalue weighted by Gasteiger charge is -2.16. The Morgan fingerprint density at radius 3 is 1.96 bits per heavy atom. The third kappa shape index (κ3) is 4.58. The van der Waals surface area contributed by atoms with E-state index in [1.165, 1.54) is 17.1 Å². The Morgan fingerprint density at radius 1 is 1.04 bits per heavy atom. The number of hydrogen-bond acceptors (Lipinski definition) is 3. The lowest BCUT2D eigenvalue weighted by molar-refractivity contribution is -0.143. The van der Waals surface area contributed by atoms with Crippen molar-refractivity contribution in [2.75, 3.05) is 11.6 Å². The average molecular weight is 426 g/mol. The molecule has 0 saturated heterocycles. The quantitative estimate of drug-likeness (QED) is 0.421. The maximum absolute atomic E-state index is 13.8. The molecule has 28 heavy (non-hydrogen) atoms. The lowest BCUT2D eigenvalue weighted by Crippen LogP contribution is -2.38. The van der Waals surface area contributed by atoms with Crippen LogP contribution in [0.1, 0.15) is 11.1 Å². The maximum Gasteiger partial charge on any atom is 0.422 e. The van der Waals surface area contributed by atoms with Crippen molar-refractivity contribution in [3.8, 4) is 0 Å². The van der Waals surface area contributed by atoms with Crippen molar-refractivity contribution in [1.29, 1.82) is 0 Å². The van der Waals surface area contributed by atoms with Crippen LogP contribution in [0.5, 0.6) is 0 Å². The molecule has 152 valence electrons. The first-order valence-corrected chi connectivity index (χ1v) is 8.82. The number of hydrogen-bond donors (Lipinski definition) is 2. The average Bonchev–Trinajstić information content (AvgIpc) is 2.63. The van der Waals surface area contributed by atoms with Gasteiger partial charge in [-0.3, -0.25) is 4.79 Å². The number of anilines is 1. The number of alkyl halides is 3. The fourth-order valence-corrected chi connectivity index (χ4v) is 2.72. The molecule has 0 unspecified atom stereocenters. The molecule has 0 fully saturated rings. The molecule has 0 aliphatic heterocycles. The van der Waals surface area contributed by atoms with Crippen molar-refractivity contribution < 1.29 is 35.5 Å². The Balaban J connectivity index is 2.25. The van der Waals surface area contributed by atoms with E-state index in [9.17, 15) is 35.5 Å². The monoisotopic (exact) mass is 426 g/mol. The van der Waals surface area contributed by atoms with E-state index in [0.29, 0.717) is 5.56 Å². The first kappa shape index (κ1) is 22.0. The summed E-state index contributed by atoms with van der Waals surface area (Å²) >= 11 is 1.47. The second-order valence-electron chi connectivity index (χ2n) is 5.65. The molecule has 1 atom stereocenters. The molecule has 2 aromatic carbocycles. The van der Waals surface area contributed by atoms with Crippen molar-refractivity contribution >= 4 is 23.4 Å². The third-order valence-electron chi connectivity index (χ3n) is 3.75. The van der Waals surface area contributed by atoms with E-state index in [-0.39, 0.29) is 6.42 Å². The number of halogens is 7. The van der Waals surface area contributed by atoms with Gasteiger partial charge in [0.1, 0.15) is 11.3 Å². The fraction of sp³-hybridized carbons (Fsp3) is 0.235. The molecule has 0 radical (unpaired) electrons. The van der Waals surface area contributed by atoms with Gasteiger partial charge in [-0.1, -0.05) is 12.1 Å². The van der Waals surface area contributed by atoms with E-state index in [4.69, 9.17) is 5.73 Å². The van der Waals surface area contributed by atoms with Crippen LogP contribution in [0.4, 0.5) is 36.4 Å². The van der Waals surface area contributed by atoms with Crippen molar-refractivity contribution in [1.82, 2.24) is 0 Å². The van der Waals surface area contributed by atoms with Crippen LogP contribution in [-0.2, 0) is 17.4 Å². The minimum Gasteiger partial charge on any atom is -0.320 e. The number of carbonyl (C=O) groups excluding carboxylic acids is 1. The molecule has 0 spiro atoms. The SMILES string of the molecule is CSc1ccc(C[C@H](N)C(=O)Nc2c(F)c(F)c(C(F)(F)F)c(F)c2F)cc1. The number of amides is 1. The normalized spacial score (nSPS) is 12.8. The molecule has 0 aliphatic carbocycles. The summed E-state index contributed by atoms with van der Waals surface area (Å²) in [6, 6.07) is 5.40. The number of carbonyl (C=O) groups is 1. The minimum atomic E-state index is -5.67. The Kier molecular flexibility index (Phi) is 6.60. The zero-order valence-electron chi connectivity index (χ0n) is 14.1. The zero-order valence-corrected chi connectivity index (χ0v) is 14.9. The van der Waals surface area contributed by atoms with Crippen LogP contribution in [0, 0.1) is 23.3 Å². The highest BCUT2D eigenvalue weighted by atomic mass is 32.2. The minimum absolute atomic E-state index is 0.0880. The summed E-state index contributed by atoms with van der Waals surface area (Å²) in [6.07, 6.45) is -3.91. The van der Waals surface area contributed by atoms with E-state index in [1.807, 2.05) is 6.26 Å². The summed E-state index contributed by atoms with van der Waals surface area (Å²) in [6.45, 7) is 0. The molecule has 0 saturated carbocycles. The summed E-state index contributed by atoms with van der Waals surface area (Å²) in [5.74, 6) is -11.3. The summed E-state index contributed by atoms with van der Waals surface area (Å²) in [4.78, 5) is 12.9. The molecule has 11 heteroatoms. The van der Waals surface area contributed by atoms with E-state index >= 15 is 0 Å². The topological polar surface area (TPSA) is 55.1 Å². The van der Waals surface area contributed by atoms with Crippen LogP contribution >= 0.6 is 11.8 Å². The Hall–Kier alpha value is -2.27. The predicted molar refractivity (Wildman–Crippen MR) is 89.8 cm³/mol. The summed E-state index contributed by atoms with van der Waals surface area (Å²) in [5.41, 5.74) is 1.80. The maximum atomic E-state index is 13.8. The van der Waals surface area contributed by atoms with E-state index in [1.54, 1.807) is 24.3 Å². The van der Waals surface area contributed by atoms with Gasteiger partial charge in [-0.05, 0) is 30.4 Å². The van der Waals surface area contributed by atoms with Crippen LogP contribution in [0.3, 0.4) is 0 Å². The molecule has 0 aromatic heterocycles. The van der Waals surface area contributed by atoms with Gasteiger partial charge < -0.3 is 11.1 Å². The van der Waals surface area contributed by atoms with Crippen LogP contribution in [0.15, 0.2) is 29.2 Å². The van der Waals surface area contributed by atoms with Gasteiger partial charge in [0.05, 0.1) is 6.04 Å². The molecule has 0 heterocycles. The van der Waals surface area contributed by atoms with E-state index in [0.717, 1.165) is 4.90 Å². The zero-order chi connectivity index (χ0) is 21.2. The Bertz CT molecular complexity index is 856. The molecular weight excluding hydrogens is 413 g/mol. The molecule has 2 rings (SSSR count). The van der Waals surface area contributed by atoms with Gasteiger partial charge in [0, 0.05) is 4.90 Å². The first-order valence-electron chi connectivity index (χ1n) is 7.59. The number of nitrogens with one attached hydrogen (secondary N) is 1. The largest absolute Gasteiger partial charge is 0.422 e.